The predicted molar refractivity (Wildman–Crippen MR) is 104 cm³/mol. The van der Waals surface area contributed by atoms with Crippen LogP contribution in [0.3, 0.4) is 0 Å². The van der Waals surface area contributed by atoms with Gasteiger partial charge >= 0.3 is 0 Å². The average Bonchev–Trinajstić information content (AvgIpc) is 2.69. The summed E-state index contributed by atoms with van der Waals surface area (Å²) in [5.74, 6) is -2.50. The van der Waals surface area contributed by atoms with Crippen molar-refractivity contribution in [3.8, 4) is 0 Å². The second-order valence-corrected chi connectivity index (χ2v) is 6.74. The van der Waals surface area contributed by atoms with E-state index in [1.165, 1.54) is 0 Å². The second-order valence-electron chi connectivity index (χ2n) is 6.74. The Balaban J connectivity index is 1.63. The van der Waals surface area contributed by atoms with Gasteiger partial charge in [0.25, 0.3) is 5.91 Å². The molecular formula is C21H23F2N3O2. The van der Waals surface area contributed by atoms with E-state index >= 15 is 0 Å². The SMILES string of the molecule is O=C(Nc1ccccc1C(=O)CCCN1CCNCC1)c1ccc(F)cc1F. The lowest BCUT2D eigenvalue weighted by Crippen LogP contribution is -2.43. The minimum atomic E-state index is -0.947. The van der Waals surface area contributed by atoms with Crippen LogP contribution in [-0.2, 0) is 0 Å². The van der Waals surface area contributed by atoms with E-state index in [4.69, 9.17) is 0 Å². The summed E-state index contributed by atoms with van der Waals surface area (Å²) in [7, 11) is 0. The van der Waals surface area contributed by atoms with Crippen molar-refractivity contribution in [2.45, 2.75) is 12.8 Å². The van der Waals surface area contributed by atoms with E-state index in [2.05, 4.69) is 15.5 Å². The van der Waals surface area contributed by atoms with Crippen LogP contribution in [0.4, 0.5) is 14.5 Å². The smallest absolute Gasteiger partial charge is 0.258 e. The lowest BCUT2D eigenvalue weighted by atomic mass is 10.0. The molecule has 1 fully saturated rings. The number of carbonyl (C=O) groups excluding carboxylic acids is 2. The van der Waals surface area contributed by atoms with Crippen molar-refractivity contribution in [1.29, 1.82) is 0 Å². The number of amides is 1. The zero-order chi connectivity index (χ0) is 19.9. The number of carbonyl (C=O) groups is 2. The molecule has 0 spiro atoms. The van der Waals surface area contributed by atoms with Gasteiger partial charge in [-0.25, -0.2) is 8.78 Å². The van der Waals surface area contributed by atoms with Crippen molar-refractivity contribution < 1.29 is 18.4 Å². The van der Waals surface area contributed by atoms with Crippen LogP contribution < -0.4 is 10.6 Å². The third-order valence-electron chi connectivity index (χ3n) is 4.74. The van der Waals surface area contributed by atoms with Crippen molar-refractivity contribution in [2.24, 2.45) is 0 Å². The van der Waals surface area contributed by atoms with E-state index in [0.29, 0.717) is 23.7 Å². The molecule has 1 heterocycles. The third-order valence-corrected chi connectivity index (χ3v) is 4.74. The number of halogens is 2. The summed E-state index contributed by atoms with van der Waals surface area (Å²) < 4.78 is 26.9. The summed E-state index contributed by atoms with van der Waals surface area (Å²) in [4.78, 5) is 27.3. The van der Waals surface area contributed by atoms with Crippen LogP contribution in [-0.4, -0.2) is 49.3 Å². The summed E-state index contributed by atoms with van der Waals surface area (Å²) in [6.45, 7) is 4.72. The molecule has 0 aliphatic carbocycles. The zero-order valence-electron chi connectivity index (χ0n) is 15.5. The Hall–Kier alpha value is -2.64. The lowest BCUT2D eigenvalue weighted by Gasteiger charge is -2.26. The molecule has 1 saturated heterocycles. The number of anilines is 1. The van der Waals surface area contributed by atoms with E-state index in [9.17, 15) is 18.4 Å². The van der Waals surface area contributed by atoms with Crippen molar-refractivity contribution in [3.05, 3.63) is 65.2 Å². The molecule has 28 heavy (non-hydrogen) atoms. The van der Waals surface area contributed by atoms with Gasteiger partial charge in [-0.05, 0) is 37.2 Å². The van der Waals surface area contributed by atoms with Gasteiger partial charge in [0.15, 0.2) is 5.78 Å². The highest BCUT2D eigenvalue weighted by Gasteiger charge is 2.17. The van der Waals surface area contributed by atoms with Gasteiger partial charge in [-0.1, -0.05) is 12.1 Å². The first-order valence-electron chi connectivity index (χ1n) is 9.36. The number of hydrogen-bond donors (Lipinski definition) is 2. The fourth-order valence-electron chi connectivity index (χ4n) is 3.23. The number of rotatable bonds is 7. The average molecular weight is 387 g/mol. The molecule has 3 rings (SSSR count). The van der Waals surface area contributed by atoms with Crippen molar-refractivity contribution >= 4 is 17.4 Å². The van der Waals surface area contributed by atoms with Gasteiger partial charge in [-0.2, -0.15) is 0 Å². The molecule has 0 radical (unpaired) electrons. The first-order chi connectivity index (χ1) is 13.5. The molecule has 0 bridgehead atoms. The van der Waals surface area contributed by atoms with Gasteiger partial charge in [-0.3, -0.25) is 9.59 Å². The predicted octanol–water partition coefficient (Wildman–Crippen LogP) is 3.09. The Bertz CT molecular complexity index is 851. The molecule has 2 aromatic rings. The van der Waals surface area contributed by atoms with Crippen LogP contribution in [0.25, 0.3) is 0 Å². The molecule has 1 aliphatic heterocycles. The molecule has 0 aromatic heterocycles. The molecule has 2 aromatic carbocycles. The first kappa shape index (κ1) is 20.1. The second kappa shape index (κ2) is 9.52. The fourth-order valence-corrected chi connectivity index (χ4v) is 3.23. The van der Waals surface area contributed by atoms with Crippen molar-refractivity contribution in [3.63, 3.8) is 0 Å². The number of para-hydroxylation sites is 1. The maximum absolute atomic E-state index is 13.8. The Labute approximate surface area is 162 Å². The minimum Gasteiger partial charge on any atom is -0.321 e. The van der Waals surface area contributed by atoms with Gasteiger partial charge in [0.1, 0.15) is 11.6 Å². The molecule has 1 amide bonds. The number of hydrogen-bond acceptors (Lipinski definition) is 4. The van der Waals surface area contributed by atoms with E-state index in [-0.39, 0.29) is 11.3 Å². The van der Waals surface area contributed by atoms with Crippen LogP contribution in [0.1, 0.15) is 33.6 Å². The monoisotopic (exact) mass is 387 g/mol. The quantitative estimate of drug-likeness (QED) is 0.717. The Morgan fingerprint density at radius 2 is 1.79 bits per heavy atom. The zero-order valence-corrected chi connectivity index (χ0v) is 15.5. The topological polar surface area (TPSA) is 61.4 Å². The van der Waals surface area contributed by atoms with Gasteiger partial charge < -0.3 is 15.5 Å². The number of ketones is 1. The number of benzene rings is 2. The van der Waals surface area contributed by atoms with E-state index < -0.39 is 17.5 Å². The molecular weight excluding hydrogens is 364 g/mol. The summed E-state index contributed by atoms with van der Waals surface area (Å²) in [6, 6.07) is 9.41. The molecule has 5 nitrogen and oxygen atoms in total. The van der Waals surface area contributed by atoms with Gasteiger partial charge in [0.2, 0.25) is 0 Å². The fraction of sp³-hybridized carbons (Fsp3) is 0.333. The van der Waals surface area contributed by atoms with Crippen LogP contribution in [0.15, 0.2) is 42.5 Å². The van der Waals surface area contributed by atoms with Crippen molar-refractivity contribution in [2.75, 3.05) is 38.0 Å². The number of piperazine rings is 1. The molecule has 0 atom stereocenters. The Kier molecular flexibility index (Phi) is 6.84. The molecule has 7 heteroatoms. The van der Waals surface area contributed by atoms with E-state index in [1.54, 1.807) is 24.3 Å². The number of nitrogens with one attached hydrogen (secondary N) is 2. The van der Waals surface area contributed by atoms with Crippen LogP contribution in [0, 0.1) is 11.6 Å². The van der Waals surface area contributed by atoms with Crippen LogP contribution in [0.2, 0.25) is 0 Å². The maximum Gasteiger partial charge on any atom is 0.258 e. The van der Waals surface area contributed by atoms with Gasteiger partial charge in [0, 0.05) is 44.2 Å². The van der Waals surface area contributed by atoms with Crippen LogP contribution in [0.5, 0.6) is 0 Å². The van der Waals surface area contributed by atoms with Gasteiger partial charge in [-0.15, -0.1) is 0 Å². The molecule has 148 valence electrons. The summed E-state index contributed by atoms with van der Waals surface area (Å²) >= 11 is 0. The van der Waals surface area contributed by atoms with Gasteiger partial charge in [0.05, 0.1) is 11.3 Å². The normalized spacial score (nSPS) is 14.6. The maximum atomic E-state index is 13.8. The first-order valence-corrected chi connectivity index (χ1v) is 9.36. The highest BCUT2D eigenvalue weighted by molar-refractivity contribution is 6.09. The molecule has 1 aliphatic rings. The number of nitrogens with zero attached hydrogens (tertiary/aromatic N) is 1. The van der Waals surface area contributed by atoms with E-state index in [0.717, 1.165) is 51.3 Å². The molecule has 0 saturated carbocycles. The minimum absolute atomic E-state index is 0.0781. The molecule has 0 unspecified atom stereocenters. The third kappa shape index (κ3) is 5.21. The van der Waals surface area contributed by atoms with Crippen molar-refractivity contribution in [1.82, 2.24) is 10.2 Å². The van der Waals surface area contributed by atoms with Crippen LogP contribution >= 0.6 is 0 Å². The lowest BCUT2D eigenvalue weighted by molar-refractivity contribution is 0.0974. The standard InChI is InChI=1S/C21H23F2N3O2/c22-15-7-8-16(18(23)14-15)21(28)25-19-5-2-1-4-17(19)20(27)6-3-11-26-12-9-24-10-13-26/h1-2,4-5,7-8,14,24H,3,6,9-13H2,(H,25,28). The summed E-state index contributed by atoms with van der Waals surface area (Å²) in [5, 5.41) is 5.86. The number of Topliss-reactive ketones (excluding diaryl/α,β-unsaturated/α-hetero) is 1. The Morgan fingerprint density at radius 3 is 2.54 bits per heavy atom. The molecule has 2 N–H and O–H groups in total. The summed E-state index contributed by atoms with van der Waals surface area (Å²) in [6.07, 6.45) is 1.09. The highest BCUT2D eigenvalue weighted by Crippen LogP contribution is 2.20. The van der Waals surface area contributed by atoms with E-state index in [1.807, 2.05) is 0 Å². The summed E-state index contributed by atoms with van der Waals surface area (Å²) in [5.41, 5.74) is 0.435. The Morgan fingerprint density at radius 1 is 1.04 bits per heavy atom. The largest absolute Gasteiger partial charge is 0.321 e. The highest BCUT2D eigenvalue weighted by atomic mass is 19.1.